The van der Waals surface area contributed by atoms with Crippen molar-refractivity contribution < 1.29 is 19.2 Å². The van der Waals surface area contributed by atoms with E-state index in [2.05, 4.69) is 33.5 Å². The van der Waals surface area contributed by atoms with Gasteiger partial charge in [0.1, 0.15) is 11.5 Å². The van der Waals surface area contributed by atoms with E-state index < -0.39 is 10.8 Å². The second kappa shape index (κ2) is 12.2. The first-order chi connectivity index (χ1) is 14.8. The summed E-state index contributed by atoms with van der Waals surface area (Å²) in [5, 5.41) is 16.4. The largest absolute Gasteiger partial charge is 0.494 e. The normalized spacial score (nSPS) is 10.3. The number of halogens is 1. The lowest BCUT2D eigenvalue weighted by atomic mass is 10.2. The Morgan fingerprint density at radius 1 is 1.16 bits per heavy atom. The number of unbranched alkanes of at least 4 members (excludes halogenated alkanes) is 3. The van der Waals surface area contributed by atoms with Crippen molar-refractivity contribution in [3.8, 4) is 11.5 Å². The van der Waals surface area contributed by atoms with Gasteiger partial charge in [0.15, 0.2) is 5.11 Å². The summed E-state index contributed by atoms with van der Waals surface area (Å²) < 4.78 is 11.7. The lowest BCUT2D eigenvalue weighted by Crippen LogP contribution is -2.34. The van der Waals surface area contributed by atoms with Crippen molar-refractivity contribution in [2.75, 3.05) is 19.0 Å². The number of benzene rings is 2. The lowest BCUT2D eigenvalue weighted by Gasteiger charge is -2.15. The van der Waals surface area contributed by atoms with Crippen LogP contribution >= 0.6 is 28.1 Å². The molecule has 0 atom stereocenters. The van der Waals surface area contributed by atoms with E-state index >= 15 is 0 Å². The third-order valence-electron chi connectivity index (χ3n) is 4.31. The number of thiocarbonyl (C=S) groups is 1. The van der Waals surface area contributed by atoms with Crippen LogP contribution in [0.5, 0.6) is 11.5 Å². The summed E-state index contributed by atoms with van der Waals surface area (Å²) in [4.78, 5) is 23.2. The van der Waals surface area contributed by atoms with Crippen molar-refractivity contribution >= 4 is 50.5 Å². The summed E-state index contributed by atoms with van der Waals surface area (Å²) in [7, 11) is 1.39. The topological polar surface area (TPSA) is 103 Å². The SMILES string of the molecule is CCCCCCOc1ccc(Br)cc1C(=O)NC(=S)Nc1ccc([N+](=O)[O-])cc1OC. The van der Waals surface area contributed by atoms with E-state index in [0.29, 0.717) is 23.6 Å². The summed E-state index contributed by atoms with van der Waals surface area (Å²) in [5.41, 5.74) is 0.608. The van der Waals surface area contributed by atoms with E-state index in [0.717, 1.165) is 30.2 Å². The number of nitrogens with zero attached hydrogens (tertiary/aromatic N) is 1. The number of nitro benzene ring substituents is 1. The van der Waals surface area contributed by atoms with Gasteiger partial charge in [-0.25, -0.2) is 0 Å². The fourth-order valence-corrected chi connectivity index (χ4v) is 3.30. The highest BCUT2D eigenvalue weighted by Crippen LogP contribution is 2.29. The van der Waals surface area contributed by atoms with Crippen molar-refractivity contribution in [3.63, 3.8) is 0 Å². The molecule has 0 saturated heterocycles. The molecule has 0 aliphatic carbocycles. The van der Waals surface area contributed by atoms with Gasteiger partial charge in [0.25, 0.3) is 11.6 Å². The Kier molecular flexibility index (Phi) is 9.67. The van der Waals surface area contributed by atoms with Crippen LogP contribution in [0.3, 0.4) is 0 Å². The van der Waals surface area contributed by atoms with Gasteiger partial charge in [0.05, 0.1) is 36.0 Å². The molecule has 166 valence electrons. The van der Waals surface area contributed by atoms with Crippen LogP contribution in [0.25, 0.3) is 0 Å². The van der Waals surface area contributed by atoms with E-state index in [9.17, 15) is 14.9 Å². The Bertz CT molecular complexity index is 955. The fourth-order valence-electron chi connectivity index (χ4n) is 2.74. The van der Waals surface area contributed by atoms with Crippen molar-refractivity contribution in [2.24, 2.45) is 0 Å². The van der Waals surface area contributed by atoms with Gasteiger partial charge in [-0.05, 0) is 42.9 Å². The zero-order valence-electron chi connectivity index (χ0n) is 17.3. The van der Waals surface area contributed by atoms with Crippen LogP contribution in [0.1, 0.15) is 43.0 Å². The van der Waals surface area contributed by atoms with Crippen molar-refractivity contribution in [1.29, 1.82) is 0 Å². The monoisotopic (exact) mass is 509 g/mol. The summed E-state index contributed by atoms with van der Waals surface area (Å²) in [6.07, 6.45) is 4.25. The number of hydrogen-bond acceptors (Lipinski definition) is 6. The molecule has 10 heteroatoms. The Morgan fingerprint density at radius 2 is 1.94 bits per heavy atom. The fraction of sp³-hybridized carbons (Fsp3) is 0.333. The summed E-state index contributed by atoms with van der Waals surface area (Å²) >= 11 is 8.60. The maximum atomic E-state index is 12.8. The average Bonchev–Trinajstić information content (AvgIpc) is 2.74. The van der Waals surface area contributed by atoms with E-state index in [-0.39, 0.29) is 16.5 Å². The number of anilines is 1. The number of methoxy groups -OCH3 is 1. The maximum Gasteiger partial charge on any atom is 0.273 e. The number of rotatable bonds is 10. The van der Waals surface area contributed by atoms with Gasteiger partial charge in [-0.1, -0.05) is 42.1 Å². The molecule has 0 heterocycles. The molecule has 0 fully saturated rings. The van der Waals surface area contributed by atoms with Crippen molar-refractivity contribution in [1.82, 2.24) is 5.32 Å². The van der Waals surface area contributed by atoms with E-state index in [1.165, 1.54) is 25.3 Å². The summed E-state index contributed by atoms with van der Waals surface area (Å²) in [6, 6.07) is 9.23. The molecule has 0 saturated carbocycles. The first-order valence-corrected chi connectivity index (χ1v) is 10.9. The smallest absolute Gasteiger partial charge is 0.273 e. The first kappa shape index (κ1) is 24.5. The maximum absolute atomic E-state index is 12.8. The van der Waals surface area contributed by atoms with Crippen LogP contribution < -0.4 is 20.1 Å². The predicted molar refractivity (Wildman–Crippen MR) is 127 cm³/mol. The third-order valence-corrected chi connectivity index (χ3v) is 5.01. The minimum atomic E-state index is -0.524. The number of nitro groups is 1. The number of nitrogens with one attached hydrogen (secondary N) is 2. The van der Waals surface area contributed by atoms with Crippen LogP contribution in [0, 0.1) is 10.1 Å². The number of carbonyl (C=O) groups excluding carboxylic acids is 1. The highest BCUT2D eigenvalue weighted by molar-refractivity contribution is 9.10. The molecule has 0 radical (unpaired) electrons. The molecule has 0 spiro atoms. The molecular weight excluding hydrogens is 486 g/mol. The molecule has 0 aliphatic rings. The highest BCUT2D eigenvalue weighted by atomic mass is 79.9. The number of ether oxygens (including phenoxy) is 2. The van der Waals surface area contributed by atoms with Crippen molar-refractivity contribution in [3.05, 3.63) is 56.5 Å². The zero-order valence-corrected chi connectivity index (χ0v) is 19.7. The molecule has 2 rings (SSSR count). The summed E-state index contributed by atoms with van der Waals surface area (Å²) in [5.74, 6) is 0.250. The summed E-state index contributed by atoms with van der Waals surface area (Å²) in [6.45, 7) is 2.66. The van der Waals surface area contributed by atoms with Crippen LogP contribution in [-0.4, -0.2) is 29.7 Å². The van der Waals surface area contributed by atoms with E-state index in [1.807, 2.05) is 0 Å². The molecule has 0 aromatic heterocycles. The van der Waals surface area contributed by atoms with Crippen molar-refractivity contribution in [2.45, 2.75) is 32.6 Å². The molecular formula is C21H24BrN3O5S. The highest BCUT2D eigenvalue weighted by Gasteiger charge is 2.17. The number of carbonyl (C=O) groups is 1. The first-order valence-electron chi connectivity index (χ1n) is 9.72. The second-order valence-electron chi connectivity index (χ2n) is 6.60. The van der Waals surface area contributed by atoms with Gasteiger partial charge in [-0.15, -0.1) is 0 Å². The van der Waals surface area contributed by atoms with Crippen LogP contribution in [-0.2, 0) is 0 Å². The molecule has 0 bridgehead atoms. The van der Waals surface area contributed by atoms with E-state index in [1.54, 1.807) is 18.2 Å². The average molecular weight is 510 g/mol. The molecule has 0 unspecified atom stereocenters. The third kappa shape index (κ3) is 7.48. The number of hydrogen-bond donors (Lipinski definition) is 2. The second-order valence-corrected chi connectivity index (χ2v) is 7.92. The quantitative estimate of drug-likeness (QED) is 0.190. The minimum absolute atomic E-state index is 0.0195. The molecule has 0 aliphatic heterocycles. The van der Waals surface area contributed by atoms with E-state index in [4.69, 9.17) is 21.7 Å². The van der Waals surface area contributed by atoms with Gasteiger partial charge in [-0.2, -0.15) is 0 Å². The molecule has 2 N–H and O–H groups in total. The molecule has 8 nitrogen and oxygen atoms in total. The number of non-ortho nitro benzene ring substituents is 1. The van der Waals surface area contributed by atoms with Gasteiger partial charge in [0, 0.05) is 10.5 Å². The molecule has 2 aromatic carbocycles. The van der Waals surface area contributed by atoms with Crippen LogP contribution in [0.15, 0.2) is 40.9 Å². The van der Waals surface area contributed by atoms with Gasteiger partial charge in [0.2, 0.25) is 0 Å². The Morgan fingerprint density at radius 3 is 2.61 bits per heavy atom. The van der Waals surface area contributed by atoms with Gasteiger partial charge >= 0.3 is 0 Å². The van der Waals surface area contributed by atoms with Crippen LogP contribution in [0.2, 0.25) is 0 Å². The Balaban J connectivity index is 2.06. The van der Waals surface area contributed by atoms with Gasteiger partial charge in [-0.3, -0.25) is 20.2 Å². The van der Waals surface area contributed by atoms with Crippen LogP contribution in [0.4, 0.5) is 11.4 Å². The minimum Gasteiger partial charge on any atom is -0.494 e. The standard InChI is InChI=1S/C21H24BrN3O5S/c1-3-4-5-6-11-30-18-10-7-14(22)12-16(18)20(26)24-21(31)23-17-9-8-15(25(27)28)13-19(17)29-2/h7-10,12-13H,3-6,11H2,1-2H3,(H2,23,24,26,31). The molecule has 31 heavy (non-hydrogen) atoms. The Hall–Kier alpha value is -2.72. The molecule has 1 amide bonds. The lowest BCUT2D eigenvalue weighted by molar-refractivity contribution is -0.384. The van der Waals surface area contributed by atoms with Gasteiger partial charge < -0.3 is 14.8 Å². The Labute approximate surface area is 194 Å². The number of amides is 1. The zero-order chi connectivity index (χ0) is 22.8. The predicted octanol–water partition coefficient (Wildman–Crippen LogP) is 5.45. The molecule has 2 aromatic rings.